The lowest BCUT2D eigenvalue weighted by molar-refractivity contribution is 0.0979. The molecule has 1 rings (SSSR count). The Hall–Kier alpha value is -0.960. The Labute approximate surface area is 121 Å². The highest BCUT2D eigenvalue weighted by molar-refractivity contribution is 7.53. The van der Waals surface area contributed by atoms with Gasteiger partial charge < -0.3 is 9.05 Å². The first kappa shape index (κ1) is 17.1. The number of hydrogen-bond donors (Lipinski definition) is 0. The van der Waals surface area contributed by atoms with Gasteiger partial charge in [0.2, 0.25) is 0 Å². The number of unbranched alkanes of at least 4 members (excludes halogenated alkanes) is 1. The van der Waals surface area contributed by atoms with E-state index in [9.17, 15) is 9.36 Å². The molecule has 0 unspecified atom stereocenters. The largest absolute Gasteiger partial charge is 0.330 e. The summed E-state index contributed by atoms with van der Waals surface area (Å²) in [6.07, 6.45) is 2.19. The van der Waals surface area contributed by atoms with Crippen molar-refractivity contribution in [3.05, 3.63) is 35.9 Å². The van der Waals surface area contributed by atoms with Gasteiger partial charge in [0.25, 0.3) is 0 Å². The van der Waals surface area contributed by atoms with Crippen LogP contribution < -0.4 is 0 Å². The third-order valence-corrected chi connectivity index (χ3v) is 5.00. The number of carbonyl (C=O) groups excluding carboxylic acids is 1. The van der Waals surface area contributed by atoms with Crippen molar-refractivity contribution in [1.82, 2.24) is 0 Å². The Bertz CT molecular complexity index is 434. The molecule has 5 heteroatoms. The molecule has 20 heavy (non-hydrogen) atoms. The van der Waals surface area contributed by atoms with Gasteiger partial charge >= 0.3 is 7.60 Å². The summed E-state index contributed by atoms with van der Waals surface area (Å²) in [6, 6.07) is 9.22. The smallest absolute Gasteiger partial charge is 0.309 e. The van der Waals surface area contributed by atoms with Crippen LogP contribution in [0.2, 0.25) is 0 Å². The van der Waals surface area contributed by atoms with E-state index in [4.69, 9.17) is 9.05 Å². The molecule has 0 saturated carbocycles. The lowest BCUT2D eigenvalue weighted by Gasteiger charge is -2.16. The summed E-state index contributed by atoms with van der Waals surface area (Å²) in [5, 5.41) is 0. The highest BCUT2D eigenvalue weighted by atomic mass is 31.2. The molecule has 0 spiro atoms. The van der Waals surface area contributed by atoms with Gasteiger partial charge in [-0.05, 0) is 26.7 Å². The topological polar surface area (TPSA) is 52.6 Å². The summed E-state index contributed by atoms with van der Waals surface area (Å²) < 4.78 is 22.6. The average molecular weight is 298 g/mol. The summed E-state index contributed by atoms with van der Waals surface area (Å²) >= 11 is 0. The minimum atomic E-state index is -2.96. The van der Waals surface area contributed by atoms with Gasteiger partial charge in [0.1, 0.15) is 0 Å². The van der Waals surface area contributed by atoms with Gasteiger partial charge in [0.05, 0.1) is 19.4 Å². The maximum absolute atomic E-state index is 12.2. The zero-order valence-electron chi connectivity index (χ0n) is 12.2. The van der Waals surface area contributed by atoms with Crippen LogP contribution in [-0.2, 0) is 13.6 Å². The Balaban J connectivity index is 2.33. The summed E-state index contributed by atoms with van der Waals surface area (Å²) in [7, 11) is -2.96. The molecule has 0 aliphatic rings. The van der Waals surface area contributed by atoms with Crippen molar-refractivity contribution in [1.29, 1.82) is 0 Å². The maximum atomic E-state index is 12.2. The average Bonchev–Trinajstić information content (AvgIpc) is 2.45. The molecule has 0 saturated heterocycles. The summed E-state index contributed by atoms with van der Waals surface area (Å²) in [5.41, 5.74) is 0.727. The number of carbonyl (C=O) groups is 1. The van der Waals surface area contributed by atoms with E-state index in [1.807, 2.05) is 30.3 Å². The van der Waals surface area contributed by atoms with Crippen LogP contribution in [0.5, 0.6) is 0 Å². The molecule has 0 aliphatic carbocycles. The Kier molecular flexibility index (Phi) is 7.75. The monoisotopic (exact) mass is 298 g/mol. The molecule has 112 valence electrons. The quantitative estimate of drug-likeness (QED) is 0.367. The molecule has 1 aromatic carbocycles. The Morgan fingerprint density at radius 1 is 1.05 bits per heavy atom. The minimum Gasteiger partial charge on any atom is -0.309 e. The molecule has 4 nitrogen and oxygen atoms in total. The fraction of sp³-hybridized carbons (Fsp3) is 0.533. The van der Waals surface area contributed by atoms with Crippen LogP contribution in [0.1, 0.15) is 43.5 Å². The third kappa shape index (κ3) is 6.00. The molecule has 0 bridgehead atoms. The number of hydrogen-bond acceptors (Lipinski definition) is 4. The van der Waals surface area contributed by atoms with Crippen LogP contribution in [0.4, 0.5) is 0 Å². The number of Topliss-reactive ketones (excluding diaryl/α,β-unsaturated/α-hetero) is 1. The summed E-state index contributed by atoms with van der Waals surface area (Å²) in [4.78, 5) is 11.9. The van der Waals surface area contributed by atoms with Crippen molar-refractivity contribution in [3.63, 3.8) is 0 Å². The van der Waals surface area contributed by atoms with E-state index >= 15 is 0 Å². The molecular formula is C15H23O4P. The number of benzene rings is 1. The van der Waals surface area contributed by atoms with E-state index in [-0.39, 0.29) is 5.78 Å². The van der Waals surface area contributed by atoms with Crippen LogP contribution in [0.3, 0.4) is 0 Å². The maximum Gasteiger partial charge on any atom is 0.330 e. The predicted octanol–water partition coefficient (Wildman–Crippen LogP) is 4.31. The van der Waals surface area contributed by atoms with Crippen molar-refractivity contribution in [2.45, 2.75) is 33.1 Å². The van der Waals surface area contributed by atoms with Crippen molar-refractivity contribution in [2.75, 3.05) is 19.4 Å². The first-order valence-corrected chi connectivity index (χ1v) is 8.80. The van der Waals surface area contributed by atoms with Crippen LogP contribution >= 0.6 is 7.60 Å². The molecule has 0 radical (unpaired) electrons. The van der Waals surface area contributed by atoms with E-state index in [0.29, 0.717) is 38.6 Å². The van der Waals surface area contributed by atoms with Gasteiger partial charge in [-0.3, -0.25) is 9.36 Å². The van der Waals surface area contributed by atoms with Gasteiger partial charge in [-0.25, -0.2) is 0 Å². The van der Waals surface area contributed by atoms with Gasteiger partial charge in [0.15, 0.2) is 5.78 Å². The first-order valence-electron chi connectivity index (χ1n) is 7.07. The lowest BCUT2D eigenvalue weighted by atomic mass is 10.1. The second kappa shape index (κ2) is 9.06. The highest BCUT2D eigenvalue weighted by Gasteiger charge is 2.22. The number of rotatable bonds is 10. The van der Waals surface area contributed by atoms with Crippen LogP contribution in [0, 0.1) is 0 Å². The van der Waals surface area contributed by atoms with Crippen molar-refractivity contribution < 1.29 is 18.4 Å². The third-order valence-electron chi connectivity index (χ3n) is 2.83. The first-order chi connectivity index (χ1) is 9.61. The normalized spacial score (nSPS) is 11.5. The van der Waals surface area contributed by atoms with Gasteiger partial charge in [-0.15, -0.1) is 0 Å². The molecule has 0 fully saturated rings. The van der Waals surface area contributed by atoms with Crippen molar-refractivity contribution in [3.8, 4) is 0 Å². The van der Waals surface area contributed by atoms with Crippen LogP contribution in [-0.4, -0.2) is 25.2 Å². The van der Waals surface area contributed by atoms with Crippen molar-refractivity contribution in [2.24, 2.45) is 0 Å². The second-order valence-corrected chi connectivity index (χ2v) is 6.60. The summed E-state index contributed by atoms with van der Waals surface area (Å²) in [6.45, 7) is 4.34. The number of ketones is 1. The predicted molar refractivity (Wildman–Crippen MR) is 80.3 cm³/mol. The van der Waals surface area contributed by atoms with E-state index in [2.05, 4.69) is 0 Å². The van der Waals surface area contributed by atoms with E-state index in [0.717, 1.165) is 5.56 Å². The van der Waals surface area contributed by atoms with Crippen molar-refractivity contribution >= 4 is 13.4 Å². The molecular weight excluding hydrogens is 275 g/mol. The molecule has 0 aromatic heterocycles. The lowest BCUT2D eigenvalue weighted by Crippen LogP contribution is -2.02. The molecule has 0 heterocycles. The fourth-order valence-corrected chi connectivity index (χ4v) is 3.65. The van der Waals surface area contributed by atoms with Gasteiger partial charge in [-0.2, -0.15) is 0 Å². The van der Waals surface area contributed by atoms with E-state index in [1.165, 1.54) is 0 Å². The Morgan fingerprint density at radius 2 is 1.65 bits per heavy atom. The van der Waals surface area contributed by atoms with Crippen LogP contribution in [0.25, 0.3) is 0 Å². The standard InChI is InChI=1S/C15H23O4P/c1-3-18-20(17,19-4-2)13-9-8-12-15(16)14-10-6-5-7-11-14/h5-7,10-11H,3-4,8-9,12-13H2,1-2H3. The van der Waals surface area contributed by atoms with Gasteiger partial charge in [-0.1, -0.05) is 30.3 Å². The highest BCUT2D eigenvalue weighted by Crippen LogP contribution is 2.48. The van der Waals surface area contributed by atoms with Crippen LogP contribution in [0.15, 0.2) is 30.3 Å². The zero-order valence-corrected chi connectivity index (χ0v) is 13.1. The van der Waals surface area contributed by atoms with E-state index in [1.54, 1.807) is 13.8 Å². The second-order valence-electron chi connectivity index (χ2n) is 4.42. The van der Waals surface area contributed by atoms with Gasteiger partial charge in [0, 0.05) is 12.0 Å². The zero-order chi connectivity index (χ0) is 14.8. The molecule has 0 atom stereocenters. The SMILES string of the molecule is CCOP(=O)(CCCCC(=O)c1ccccc1)OCC. The van der Waals surface area contributed by atoms with E-state index < -0.39 is 7.60 Å². The molecule has 0 aliphatic heterocycles. The summed E-state index contributed by atoms with van der Waals surface area (Å²) in [5.74, 6) is 0.119. The molecule has 1 aromatic rings. The Morgan fingerprint density at radius 3 is 2.20 bits per heavy atom. The molecule has 0 amide bonds. The fourth-order valence-electron chi connectivity index (χ4n) is 1.92. The molecule has 0 N–H and O–H groups in total. The minimum absolute atomic E-state index is 0.119.